The molecule has 3 aromatic carbocycles. The number of aryl methyl sites for hydroxylation is 1. The first-order chi connectivity index (χ1) is 15.8. The minimum Gasteiger partial charge on any atom is -0.325 e. The van der Waals surface area contributed by atoms with Crippen molar-refractivity contribution < 1.29 is 18.0 Å². The Labute approximate surface area is 193 Å². The lowest BCUT2D eigenvalue weighted by atomic mass is 10.1. The summed E-state index contributed by atoms with van der Waals surface area (Å²) in [5.41, 5.74) is 3.20. The van der Waals surface area contributed by atoms with Gasteiger partial charge in [0.15, 0.2) is 0 Å². The zero-order valence-corrected chi connectivity index (χ0v) is 18.5. The van der Waals surface area contributed by atoms with Gasteiger partial charge in [-0.3, -0.25) is 4.79 Å². The van der Waals surface area contributed by atoms with Crippen LogP contribution in [0.5, 0.6) is 0 Å². The molecule has 0 aliphatic carbocycles. The van der Waals surface area contributed by atoms with Crippen LogP contribution in [0.4, 0.5) is 18.9 Å². The van der Waals surface area contributed by atoms with Gasteiger partial charge in [-0.2, -0.15) is 13.2 Å². The third-order valence-corrected chi connectivity index (χ3v) is 5.95. The predicted octanol–water partition coefficient (Wildman–Crippen LogP) is 6.28. The number of nitrogens with zero attached hydrogens (tertiary/aromatic N) is 2. The fourth-order valence-electron chi connectivity index (χ4n) is 3.31. The zero-order chi connectivity index (χ0) is 23.4. The molecule has 4 rings (SSSR count). The molecule has 1 aromatic heterocycles. The van der Waals surface area contributed by atoms with E-state index in [2.05, 4.69) is 10.3 Å². The number of hydrogen-bond donors (Lipinski definition) is 1. The Morgan fingerprint density at radius 2 is 1.55 bits per heavy atom. The highest BCUT2D eigenvalue weighted by molar-refractivity contribution is 8.00. The average molecular weight is 468 g/mol. The molecule has 0 fully saturated rings. The van der Waals surface area contributed by atoms with Crippen molar-refractivity contribution in [1.82, 2.24) is 9.97 Å². The van der Waals surface area contributed by atoms with Crippen LogP contribution < -0.4 is 5.32 Å². The molecule has 0 saturated carbocycles. The van der Waals surface area contributed by atoms with Gasteiger partial charge in [-0.05, 0) is 36.8 Å². The zero-order valence-electron chi connectivity index (χ0n) is 17.7. The number of halogens is 3. The second-order valence-corrected chi connectivity index (χ2v) is 8.47. The van der Waals surface area contributed by atoms with E-state index in [4.69, 9.17) is 4.98 Å². The van der Waals surface area contributed by atoms with Gasteiger partial charge in [-0.25, -0.2) is 9.97 Å². The van der Waals surface area contributed by atoms with E-state index < -0.39 is 17.6 Å². The Morgan fingerprint density at radius 3 is 2.24 bits per heavy atom. The van der Waals surface area contributed by atoms with E-state index in [9.17, 15) is 18.0 Å². The van der Waals surface area contributed by atoms with Gasteiger partial charge in [0.1, 0.15) is 5.03 Å². The van der Waals surface area contributed by atoms with Gasteiger partial charge < -0.3 is 5.32 Å². The molecule has 1 N–H and O–H groups in total. The molecule has 4 aromatic rings. The maximum Gasteiger partial charge on any atom is 0.418 e. The number of benzene rings is 3. The van der Waals surface area contributed by atoms with E-state index in [-0.39, 0.29) is 11.4 Å². The van der Waals surface area contributed by atoms with Crippen LogP contribution in [-0.4, -0.2) is 21.6 Å². The molecule has 33 heavy (non-hydrogen) atoms. The third kappa shape index (κ3) is 5.70. The molecule has 0 aliphatic rings. The lowest BCUT2D eigenvalue weighted by Gasteiger charge is -2.14. The van der Waals surface area contributed by atoms with Gasteiger partial charge in [0, 0.05) is 6.42 Å². The number of hydrogen-bond acceptors (Lipinski definition) is 4. The lowest BCUT2D eigenvalue weighted by Crippen LogP contribution is -2.18. The molecule has 0 saturated heterocycles. The van der Waals surface area contributed by atoms with E-state index >= 15 is 0 Å². The van der Waals surface area contributed by atoms with E-state index in [0.717, 1.165) is 34.5 Å². The number of anilines is 1. The second-order valence-electron chi connectivity index (χ2n) is 7.51. The smallest absolute Gasteiger partial charge is 0.325 e. The van der Waals surface area contributed by atoms with Crippen LogP contribution in [0.1, 0.15) is 22.4 Å². The van der Waals surface area contributed by atoms with E-state index in [1.54, 1.807) is 0 Å². The van der Waals surface area contributed by atoms with Crippen molar-refractivity contribution in [2.75, 3.05) is 11.1 Å². The molecule has 0 spiro atoms. The molecule has 1 amide bonds. The fourth-order valence-corrected chi connectivity index (χ4v) is 4.10. The second kappa shape index (κ2) is 9.62. The number of alkyl halides is 3. The van der Waals surface area contributed by atoms with Gasteiger partial charge in [0.05, 0.1) is 33.7 Å². The molecule has 0 bridgehead atoms. The predicted molar refractivity (Wildman–Crippen MR) is 124 cm³/mol. The van der Waals surface area contributed by atoms with Crippen LogP contribution in [0.25, 0.3) is 11.0 Å². The Morgan fingerprint density at radius 1 is 0.909 bits per heavy atom. The molecule has 0 atom stereocenters. The number of fused-ring (bicyclic) bond motifs is 1. The summed E-state index contributed by atoms with van der Waals surface area (Å²) in [6, 6.07) is 20.4. The molecular formula is C25H20F3N3OS. The summed E-state index contributed by atoms with van der Waals surface area (Å²) >= 11 is 1.16. The minimum atomic E-state index is -4.55. The fraction of sp³-hybridized carbons (Fsp3) is 0.160. The van der Waals surface area contributed by atoms with Crippen molar-refractivity contribution in [2.45, 2.75) is 24.5 Å². The summed E-state index contributed by atoms with van der Waals surface area (Å²) in [4.78, 5) is 21.9. The van der Waals surface area contributed by atoms with E-state index in [1.165, 1.54) is 18.2 Å². The summed E-state index contributed by atoms with van der Waals surface area (Å²) in [7, 11) is 0. The SMILES string of the molecule is Cc1ccc(Cc2nc3ccccc3nc2SCC(=O)Nc2ccccc2C(F)(F)F)cc1. The van der Waals surface area contributed by atoms with Crippen molar-refractivity contribution in [3.63, 3.8) is 0 Å². The van der Waals surface area contributed by atoms with E-state index in [0.29, 0.717) is 22.7 Å². The van der Waals surface area contributed by atoms with Crippen molar-refractivity contribution in [2.24, 2.45) is 0 Å². The van der Waals surface area contributed by atoms with Gasteiger partial charge in [-0.1, -0.05) is 65.9 Å². The highest BCUT2D eigenvalue weighted by Crippen LogP contribution is 2.34. The Balaban J connectivity index is 1.55. The first-order valence-corrected chi connectivity index (χ1v) is 11.2. The van der Waals surface area contributed by atoms with Crippen LogP contribution in [0, 0.1) is 6.92 Å². The van der Waals surface area contributed by atoms with Crippen molar-refractivity contribution in [3.8, 4) is 0 Å². The number of thioether (sulfide) groups is 1. The van der Waals surface area contributed by atoms with Crippen LogP contribution in [0.2, 0.25) is 0 Å². The monoisotopic (exact) mass is 467 g/mol. The maximum atomic E-state index is 13.2. The number of amides is 1. The topological polar surface area (TPSA) is 54.9 Å². The first kappa shape index (κ1) is 22.8. The number of carbonyl (C=O) groups excluding carboxylic acids is 1. The summed E-state index contributed by atoms with van der Waals surface area (Å²) in [5, 5.41) is 2.95. The number of rotatable bonds is 6. The molecule has 0 radical (unpaired) electrons. The summed E-state index contributed by atoms with van der Waals surface area (Å²) in [6.07, 6.45) is -4.03. The minimum absolute atomic E-state index is 0.0971. The number of aromatic nitrogens is 2. The van der Waals surface area contributed by atoms with Gasteiger partial charge in [0.2, 0.25) is 5.91 Å². The molecule has 0 unspecified atom stereocenters. The molecule has 168 valence electrons. The normalized spacial score (nSPS) is 11.5. The number of carbonyl (C=O) groups is 1. The van der Waals surface area contributed by atoms with Crippen molar-refractivity contribution >= 4 is 34.4 Å². The molecule has 4 nitrogen and oxygen atoms in total. The largest absolute Gasteiger partial charge is 0.418 e. The Kier molecular flexibility index (Phi) is 6.65. The van der Waals surface area contributed by atoms with Crippen molar-refractivity contribution in [3.05, 3.63) is 95.2 Å². The standard InChI is InChI=1S/C25H20F3N3OS/c1-16-10-12-17(13-11-16)14-22-24(31-21-9-5-4-8-20(21)29-22)33-15-23(32)30-19-7-3-2-6-18(19)25(26,27)28/h2-13H,14-15H2,1H3,(H,30,32). The molecule has 1 heterocycles. The number of nitrogens with one attached hydrogen (secondary N) is 1. The molecule has 0 aliphatic heterocycles. The maximum absolute atomic E-state index is 13.2. The van der Waals surface area contributed by atoms with Crippen LogP contribution in [0.15, 0.2) is 77.8 Å². The highest BCUT2D eigenvalue weighted by atomic mass is 32.2. The van der Waals surface area contributed by atoms with Crippen LogP contribution >= 0.6 is 11.8 Å². The van der Waals surface area contributed by atoms with E-state index in [1.807, 2.05) is 55.5 Å². The third-order valence-electron chi connectivity index (χ3n) is 4.94. The lowest BCUT2D eigenvalue weighted by molar-refractivity contribution is -0.137. The number of para-hydroxylation sites is 3. The quantitative estimate of drug-likeness (QED) is 0.339. The van der Waals surface area contributed by atoms with Gasteiger partial charge in [-0.15, -0.1) is 0 Å². The summed E-state index contributed by atoms with van der Waals surface area (Å²) in [5.74, 6) is -0.645. The Bertz CT molecular complexity index is 1290. The molecular weight excluding hydrogens is 447 g/mol. The molecule has 8 heteroatoms. The van der Waals surface area contributed by atoms with Crippen LogP contribution in [0.3, 0.4) is 0 Å². The summed E-state index contributed by atoms with van der Waals surface area (Å²) in [6.45, 7) is 2.01. The Hall–Kier alpha value is -3.39. The summed E-state index contributed by atoms with van der Waals surface area (Å²) < 4.78 is 39.6. The average Bonchev–Trinajstić information content (AvgIpc) is 2.79. The highest BCUT2D eigenvalue weighted by Gasteiger charge is 2.33. The van der Waals surface area contributed by atoms with Gasteiger partial charge in [0.25, 0.3) is 0 Å². The van der Waals surface area contributed by atoms with Crippen LogP contribution in [-0.2, 0) is 17.4 Å². The van der Waals surface area contributed by atoms with Crippen molar-refractivity contribution in [1.29, 1.82) is 0 Å². The first-order valence-electron chi connectivity index (χ1n) is 10.2. The van der Waals surface area contributed by atoms with Gasteiger partial charge >= 0.3 is 6.18 Å².